The number of para-hydroxylation sites is 2. The lowest BCUT2D eigenvalue weighted by Gasteiger charge is -2.38. The number of primary amides is 1. The van der Waals surface area contributed by atoms with E-state index in [-0.39, 0.29) is 43.6 Å². The van der Waals surface area contributed by atoms with E-state index in [1.807, 2.05) is 0 Å². The van der Waals surface area contributed by atoms with Gasteiger partial charge in [-0.05, 0) is 93.4 Å². The quantitative estimate of drug-likeness (QED) is 0.0261. The zero-order valence-electron chi connectivity index (χ0n) is 80.8. The van der Waals surface area contributed by atoms with Gasteiger partial charge in [0.15, 0.2) is 11.6 Å². The minimum atomic E-state index is -2.86. The van der Waals surface area contributed by atoms with Crippen LogP contribution in [-0.4, -0.2) is 316 Å². The summed E-state index contributed by atoms with van der Waals surface area (Å²) in [7, 11) is 0. The number of hydrogen-bond acceptors (Lipinski definition) is 27. The Balaban J connectivity index is 1.10. The summed E-state index contributed by atoms with van der Waals surface area (Å²) in [6.45, 7) is 9.83. The molecule has 0 bridgehead atoms. The zero-order valence-corrected chi connectivity index (χ0v) is 83.2. The number of carboxylic acids is 2. The molecule has 19 atom stereocenters. The first-order valence-electron chi connectivity index (χ1n) is 47.1. The summed E-state index contributed by atoms with van der Waals surface area (Å²) >= 11 is 2.15. The number of aliphatic hydroxyl groups is 1. The average molecular weight is 2060 g/mol. The summed E-state index contributed by atoms with van der Waals surface area (Å²) in [5.74, 6) is -32.6. The van der Waals surface area contributed by atoms with E-state index < -0.39 is 336 Å². The summed E-state index contributed by atoms with van der Waals surface area (Å²) in [5, 5.41) is 73.8. The van der Waals surface area contributed by atoms with Crippen LogP contribution in [0.15, 0.2) is 103 Å². The zero-order chi connectivity index (χ0) is 105. The Kier molecular flexibility index (Phi) is 39.7. The van der Waals surface area contributed by atoms with Crippen LogP contribution in [0.3, 0.4) is 0 Å². The van der Waals surface area contributed by atoms with Crippen molar-refractivity contribution in [2.24, 2.45) is 29.2 Å². The molecule has 778 valence electrons. The van der Waals surface area contributed by atoms with Gasteiger partial charge in [-0.3, -0.25) is 101 Å². The molecule has 5 saturated heterocycles. The molecule has 25 N–H and O–H groups in total. The number of nitrogens with zero attached hydrogens (tertiary/aromatic N) is 1. The standard InChI is InChI=1S/C95H125N21O25S3/c1-10-51-33-70(119)60(30-50-19-12-11-13-20-50)103-87(134)68-25-18-28-116(68)90(137)75(46(4)5)111-84(131)62(32-53-38-99-58-24-17-15-22-55(53)58)110-92(140)95(44-144-42-66(108-79(51)126)86(133)109-67(40-142-9)91(138)139)36-64(85(132)112-76(49(8)117)88(135)100-39-72(121)114-95)106-77(124)47(6)29-69(118)65-41-143-43-94(35-56(96)80(127)104-63(34-71(97)120)82(129)101-48(7)78(125)115-94)93(141)113-74(45(2)3)89(136)105-61(31-52-37-98-57-23-16-14-21-54(52)57)83(130)102-59(81(128)107-65)26-27-73(122)123/h10-17,19-24,37-38,45-49,56,59-68,74-76,98-99,117H,18,25-36,39-44,96H2,1-9H3,(H2,97,120)(H,100,135)(H,101,129)(H,102,130)(H,103,134)(H,104,127)(H,105,136)(H,106,124)(H,107,128)(H,108,126)(H,109,133)(H,110,140)(H,111,131)(H,112,132)(H,113,141)(H,114,121)(H,115,125)(H,122,123)(H,138,139)/b51-10+/t47?,48-,49+,56-,59-,60-,61-,62-,63-,64-,65-,66-,67-,68-,74-,75-,76-,94+,95+/m0/s1. The lowest BCUT2D eigenvalue weighted by Crippen LogP contribution is -2.68. The normalized spacial score (nSPS) is 27.3. The fourth-order valence-corrected chi connectivity index (χ4v) is 20.5. The molecule has 0 radical (unpaired) electrons. The van der Waals surface area contributed by atoms with E-state index in [2.05, 4.69) is 95.0 Å². The van der Waals surface area contributed by atoms with Crippen LogP contribution in [-0.2, 0) is 125 Å². The number of H-pyrrole nitrogens is 2. The van der Waals surface area contributed by atoms with Crippen LogP contribution < -0.4 is 96.5 Å². The van der Waals surface area contributed by atoms with Crippen molar-refractivity contribution in [3.8, 4) is 0 Å². The topological polar surface area (TPSA) is 716 Å². The first-order chi connectivity index (χ1) is 68.2. The van der Waals surface area contributed by atoms with Crippen LogP contribution >= 0.6 is 35.3 Å². The molecule has 7 heterocycles. The van der Waals surface area contributed by atoms with Gasteiger partial charge < -0.3 is 127 Å². The van der Waals surface area contributed by atoms with Gasteiger partial charge >= 0.3 is 11.9 Å². The molecule has 5 aromatic rings. The smallest absolute Gasteiger partial charge is 0.327 e. The summed E-state index contributed by atoms with van der Waals surface area (Å²) < 4.78 is 0. The van der Waals surface area contributed by atoms with E-state index in [4.69, 9.17) is 11.5 Å². The second kappa shape index (κ2) is 50.9. The number of rotatable bonds is 24. The SMILES string of the molecule is C/C=C1\CC(=O)[C@H](Cc2ccccc2)NC(=O)[C@@H]2CCCN2C(=O)[C@H](C(C)C)NC(=O)[C@H](Cc2c[nH]c3ccccc23)NC(=O)[C@]2(CSC[C@@H](C(=O)N[C@@H](CSC)C(=O)O)NC1=O)C[C@H](NC(=O)C(C)CC(=O)[C@@H]1CSC[C@]3(C[C@H](N)C(=O)N[C@@H](CC(N)=O)C(=O)N[C@@H](C)C(=O)N3)C(=O)N[C@@H](C(C)C)C(=O)N[C@@H](Cc3c[nH]c4ccccc34)C(=O)N[C@@H](CCC(=O)O)C(=O)N1)C(=O)N[C@@H]([C@@H](C)O)C(=O)NCC(=O)N2. The monoisotopic (exact) mass is 2060 g/mol. The molecular weight excluding hydrogens is 1930 g/mol. The minimum absolute atomic E-state index is 0.0395. The summed E-state index contributed by atoms with van der Waals surface area (Å²) in [6, 6.07) is -4.48. The molecule has 5 aliphatic rings. The maximum atomic E-state index is 16.8. The third-order valence-electron chi connectivity index (χ3n) is 25.5. The van der Waals surface area contributed by atoms with Gasteiger partial charge in [0.1, 0.15) is 83.6 Å². The van der Waals surface area contributed by atoms with Crippen LogP contribution in [0.5, 0.6) is 0 Å². The molecule has 46 nitrogen and oxygen atoms in total. The number of nitrogens with one attached hydrogen (secondary N) is 18. The number of amides is 18. The van der Waals surface area contributed by atoms with Crippen molar-refractivity contribution in [1.82, 2.24) is 99.9 Å². The van der Waals surface area contributed by atoms with Crippen molar-refractivity contribution in [1.29, 1.82) is 0 Å². The highest BCUT2D eigenvalue weighted by Gasteiger charge is 2.52. The van der Waals surface area contributed by atoms with Gasteiger partial charge in [-0.15, -0.1) is 0 Å². The molecule has 2 spiro atoms. The van der Waals surface area contributed by atoms with Crippen LogP contribution in [0, 0.1) is 17.8 Å². The number of aromatic nitrogens is 2. The number of benzene rings is 3. The van der Waals surface area contributed by atoms with E-state index >= 15 is 57.5 Å². The van der Waals surface area contributed by atoms with Crippen molar-refractivity contribution in [2.45, 2.75) is 240 Å². The number of ketones is 2. The van der Waals surface area contributed by atoms with Gasteiger partial charge in [0.25, 0.3) is 0 Å². The van der Waals surface area contributed by atoms with Gasteiger partial charge in [-0.2, -0.15) is 35.3 Å². The highest BCUT2D eigenvalue weighted by molar-refractivity contribution is 7.99. The number of nitrogens with two attached hydrogens (primary N) is 2. The molecule has 18 amide bonds. The molecule has 3 aromatic carbocycles. The maximum absolute atomic E-state index is 16.8. The fourth-order valence-electron chi connectivity index (χ4n) is 17.4. The molecule has 49 heteroatoms. The van der Waals surface area contributed by atoms with Crippen LogP contribution in [0.25, 0.3) is 21.8 Å². The highest BCUT2D eigenvalue weighted by Crippen LogP contribution is 2.31. The molecule has 5 aliphatic heterocycles. The average Bonchev–Trinajstić information content (AvgIpc) is 0.979. The highest BCUT2D eigenvalue weighted by atomic mass is 32.2. The number of aliphatic carboxylic acids is 2. The van der Waals surface area contributed by atoms with Crippen LogP contribution in [0.1, 0.15) is 130 Å². The van der Waals surface area contributed by atoms with Crippen LogP contribution in [0.4, 0.5) is 0 Å². The second-order valence-electron chi connectivity index (χ2n) is 37.3. The number of allylic oxidation sites excluding steroid dienone is 1. The van der Waals surface area contributed by atoms with E-state index in [1.54, 1.807) is 92.7 Å². The number of fused-ring (bicyclic) bond motifs is 3. The summed E-state index contributed by atoms with van der Waals surface area (Å²) in [6.07, 6.45) is -2.95. The Morgan fingerprint density at radius 1 is 0.583 bits per heavy atom. The lowest BCUT2D eigenvalue weighted by molar-refractivity contribution is -0.143. The van der Waals surface area contributed by atoms with E-state index in [1.165, 1.54) is 57.3 Å². The van der Waals surface area contributed by atoms with E-state index in [0.29, 0.717) is 62.0 Å². The van der Waals surface area contributed by atoms with Crippen molar-refractivity contribution in [3.05, 3.63) is 120 Å². The predicted molar refractivity (Wildman–Crippen MR) is 527 cm³/mol. The Bertz CT molecular complexity index is 5740. The third kappa shape index (κ3) is 29.5. The summed E-state index contributed by atoms with van der Waals surface area (Å²) in [4.78, 5) is 334. The van der Waals surface area contributed by atoms with Gasteiger partial charge in [0.2, 0.25) is 106 Å². The lowest BCUT2D eigenvalue weighted by atomic mass is 9.89. The largest absolute Gasteiger partial charge is 0.481 e. The van der Waals surface area contributed by atoms with Crippen molar-refractivity contribution in [3.63, 3.8) is 0 Å². The first-order valence-corrected chi connectivity index (χ1v) is 50.8. The fraction of sp³-hybridized carbons (Fsp3) is 0.516. The van der Waals surface area contributed by atoms with Crippen molar-refractivity contribution < 1.29 is 121 Å². The number of aliphatic hydroxyl groups excluding tert-OH is 1. The molecule has 0 saturated carbocycles. The Morgan fingerprint density at radius 2 is 1.14 bits per heavy atom. The number of aromatic amines is 2. The molecule has 144 heavy (non-hydrogen) atoms. The number of thioether (sulfide) groups is 3. The van der Waals surface area contributed by atoms with E-state index in [9.17, 15) is 63.3 Å². The van der Waals surface area contributed by atoms with Crippen LogP contribution in [0.2, 0.25) is 0 Å². The first kappa shape index (κ1) is 112. The van der Waals surface area contributed by atoms with E-state index in [0.717, 1.165) is 25.6 Å². The predicted octanol–water partition coefficient (Wildman–Crippen LogP) is -4.17. The number of carbonyl (C=O) groups is 22. The van der Waals surface area contributed by atoms with Gasteiger partial charge in [0, 0.05) is 126 Å². The Hall–Kier alpha value is -13.8. The molecule has 1 unspecified atom stereocenters. The molecular formula is C95H125N21O25S3. The van der Waals surface area contributed by atoms with Gasteiger partial charge in [0.05, 0.1) is 37.2 Å². The molecule has 10 rings (SSSR count). The molecule has 2 aromatic heterocycles. The Labute approximate surface area is 840 Å². The second-order valence-corrected chi connectivity index (χ2v) is 40.2. The van der Waals surface area contributed by atoms with Crippen molar-refractivity contribution in [2.75, 3.05) is 48.1 Å². The number of carbonyl (C=O) groups excluding carboxylic acids is 20. The number of hydrogen-bond donors (Lipinski definition) is 23. The Morgan fingerprint density at radius 3 is 1.74 bits per heavy atom. The number of carboxylic acid groups (broad SMARTS) is 2. The van der Waals surface area contributed by atoms with Gasteiger partial charge in [-0.1, -0.05) is 107 Å². The van der Waals surface area contributed by atoms with Gasteiger partial charge in [-0.25, -0.2) is 4.79 Å². The third-order valence-corrected chi connectivity index (χ3v) is 28.7. The summed E-state index contributed by atoms with van der Waals surface area (Å²) in [5.41, 5.74) is 8.84. The molecule has 5 fully saturated rings. The number of Topliss-reactive ketones (excluding diaryl/α,β-unsaturated/α-hetero) is 2. The maximum Gasteiger partial charge on any atom is 0.327 e. The minimum Gasteiger partial charge on any atom is -0.481 e. The van der Waals surface area contributed by atoms with Crippen molar-refractivity contribution >= 4 is 187 Å². The molecule has 0 aliphatic carbocycles.